The van der Waals surface area contributed by atoms with Crippen LogP contribution in [0.15, 0.2) is 72.8 Å². The number of esters is 1. The van der Waals surface area contributed by atoms with Crippen LogP contribution >= 0.6 is 0 Å². The van der Waals surface area contributed by atoms with Crippen LogP contribution in [0.2, 0.25) is 0 Å². The van der Waals surface area contributed by atoms with Crippen molar-refractivity contribution in [2.75, 3.05) is 0 Å². The normalized spacial score (nSPS) is 10.9. The number of phenolic OH excluding ortho intramolecular Hbond substituents is 2. The van der Waals surface area contributed by atoms with E-state index in [-0.39, 0.29) is 22.8 Å². The summed E-state index contributed by atoms with van der Waals surface area (Å²) in [6, 6.07) is 21.1. The predicted octanol–water partition coefficient (Wildman–Crippen LogP) is 4.62. The van der Waals surface area contributed by atoms with Gasteiger partial charge in [-0.3, -0.25) is 0 Å². The highest BCUT2D eigenvalue weighted by atomic mass is 16.5. The quantitative estimate of drug-likeness (QED) is 0.415. The first kappa shape index (κ1) is 15.0. The fraction of sp³-hybridized carbons (Fsp3) is 0. The lowest BCUT2D eigenvalue weighted by Gasteiger charge is -2.10. The zero-order valence-electron chi connectivity index (χ0n) is 13.1. The van der Waals surface area contributed by atoms with Crippen LogP contribution < -0.4 is 4.74 Å². The fourth-order valence-corrected chi connectivity index (χ4v) is 2.84. The molecule has 0 aliphatic carbocycles. The summed E-state index contributed by atoms with van der Waals surface area (Å²) >= 11 is 0. The summed E-state index contributed by atoms with van der Waals surface area (Å²) in [6.07, 6.45) is 0. The van der Waals surface area contributed by atoms with Crippen molar-refractivity contribution in [2.24, 2.45) is 0 Å². The van der Waals surface area contributed by atoms with Gasteiger partial charge in [-0.25, -0.2) is 4.79 Å². The molecule has 4 aromatic rings. The molecule has 0 bridgehead atoms. The Kier molecular flexibility index (Phi) is 3.51. The van der Waals surface area contributed by atoms with Crippen LogP contribution in [0.4, 0.5) is 0 Å². The molecule has 122 valence electrons. The van der Waals surface area contributed by atoms with E-state index in [1.807, 2.05) is 48.5 Å². The van der Waals surface area contributed by atoms with E-state index in [0.29, 0.717) is 0 Å². The summed E-state index contributed by atoms with van der Waals surface area (Å²) in [5, 5.41) is 23.6. The van der Waals surface area contributed by atoms with Crippen LogP contribution in [0.1, 0.15) is 10.4 Å². The second-order valence-corrected chi connectivity index (χ2v) is 5.77. The number of benzene rings is 4. The first-order chi connectivity index (χ1) is 12.1. The summed E-state index contributed by atoms with van der Waals surface area (Å²) in [5.41, 5.74) is 0.0475. The molecule has 0 radical (unpaired) electrons. The molecule has 0 atom stereocenters. The monoisotopic (exact) mass is 330 g/mol. The molecule has 4 aromatic carbocycles. The molecule has 0 spiro atoms. The Morgan fingerprint density at radius 2 is 1.16 bits per heavy atom. The highest BCUT2D eigenvalue weighted by molar-refractivity contribution is 6.00. The molecule has 4 rings (SSSR count). The molecule has 0 aliphatic heterocycles. The van der Waals surface area contributed by atoms with E-state index in [2.05, 4.69) is 0 Å². The number of aromatic hydroxyl groups is 2. The second-order valence-electron chi connectivity index (χ2n) is 5.77. The number of hydrogen-bond donors (Lipinski definition) is 2. The Labute approximate surface area is 143 Å². The van der Waals surface area contributed by atoms with Gasteiger partial charge in [0.15, 0.2) is 11.5 Å². The third kappa shape index (κ3) is 2.74. The lowest BCUT2D eigenvalue weighted by Crippen LogP contribution is -2.09. The molecule has 2 N–H and O–H groups in total. The van der Waals surface area contributed by atoms with Crippen molar-refractivity contribution in [3.8, 4) is 17.2 Å². The Balaban J connectivity index is 1.73. The van der Waals surface area contributed by atoms with Crippen LogP contribution in [-0.4, -0.2) is 16.2 Å². The molecule has 0 fully saturated rings. The number of rotatable bonds is 2. The van der Waals surface area contributed by atoms with Crippen molar-refractivity contribution in [2.45, 2.75) is 0 Å². The average molecular weight is 330 g/mol. The Hall–Kier alpha value is -3.53. The first-order valence-electron chi connectivity index (χ1n) is 7.77. The van der Waals surface area contributed by atoms with Gasteiger partial charge < -0.3 is 14.9 Å². The van der Waals surface area contributed by atoms with Gasteiger partial charge in [-0.1, -0.05) is 48.5 Å². The summed E-state index contributed by atoms with van der Waals surface area (Å²) < 4.78 is 5.32. The second kappa shape index (κ2) is 5.83. The zero-order chi connectivity index (χ0) is 17.4. The minimum absolute atomic E-state index is 0.0475. The largest absolute Gasteiger partial charge is 0.507 e. The topological polar surface area (TPSA) is 66.8 Å². The SMILES string of the molecule is O=C(Oc1cc2ccccc2cc1O)c1cc2ccccc2cc1O. The van der Waals surface area contributed by atoms with Crippen molar-refractivity contribution in [3.63, 3.8) is 0 Å². The van der Waals surface area contributed by atoms with Crippen LogP contribution in [-0.2, 0) is 0 Å². The van der Waals surface area contributed by atoms with Gasteiger partial charge in [0.1, 0.15) is 11.3 Å². The third-order valence-corrected chi connectivity index (χ3v) is 4.11. The molecule has 4 nitrogen and oxygen atoms in total. The van der Waals surface area contributed by atoms with E-state index in [1.54, 1.807) is 12.1 Å². The maximum atomic E-state index is 12.5. The van der Waals surface area contributed by atoms with Gasteiger partial charge in [0.2, 0.25) is 0 Å². The summed E-state index contributed by atoms with van der Waals surface area (Å²) in [7, 11) is 0. The van der Waals surface area contributed by atoms with Crippen LogP contribution in [0.5, 0.6) is 17.2 Å². The zero-order valence-corrected chi connectivity index (χ0v) is 13.1. The Morgan fingerprint density at radius 3 is 1.76 bits per heavy atom. The van der Waals surface area contributed by atoms with Crippen molar-refractivity contribution in [1.29, 1.82) is 0 Å². The number of ether oxygens (including phenoxy) is 1. The maximum absolute atomic E-state index is 12.5. The third-order valence-electron chi connectivity index (χ3n) is 4.11. The molecular weight excluding hydrogens is 316 g/mol. The molecule has 0 heterocycles. The van der Waals surface area contributed by atoms with E-state index in [4.69, 9.17) is 4.74 Å². The molecule has 25 heavy (non-hydrogen) atoms. The molecule has 0 saturated carbocycles. The number of carbonyl (C=O) groups is 1. The Bertz CT molecular complexity index is 1120. The standard InChI is InChI=1S/C21H14O4/c22-18-10-14-6-2-1-5-13(14)9-17(18)21(24)25-20-12-16-8-4-3-7-15(16)11-19(20)23/h1-12,22-23H. The molecule has 0 amide bonds. The lowest BCUT2D eigenvalue weighted by atomic mass is 10.1. The van der Waals surface area contributed by atoms with Crippen molar-refractivity contribution < 1.29 is 19.7 Å². The number of carbonyl (C=O) groups excluding carboxylic acids is 1. The molecule has 0 saturated heterocycles. The average Bonchev–Trinajstić information content (AvgIpc) is 2.61. The van der Waals surface area contributed by atoms with Gasteiger partial charge >= 0.3 is 5.97 Å². The van der Waals surface area contributed by atoms with Gasteiger partial charge in [-0.15, -0.1) is 0 Å². The van der Waals surface area contributed by atoms with Crippen molar-refractivity contribution in [3.05, 3.63) is 78.4 Å². The van der Waals surface area contributed by atoms with Crippen molar-refractivity contribution in [1.82, 2.24) is 0 Å². The molecule has 0 unspecified atom stereocenters. The fourth-order valence-electron chi connectivity index (χ4n) is 2.84. The highest BCUT2D eigenvalue weighted by Crippen LogP contribution is 2.33. The van der Waals surface area contributed by atoms with E-state index in [0.717, 1.165) is 21.5 Å². The maximum Gasteiger partial charge on any atom is 0.347 e. The predicted molar refractivity (Wildman–Crippen MR) is 96.2 cm³/mol. The molecule has 4 heteroatoms. The highest BCUT2D eigenvalue weighted by Gasteiger charge is 2.17. The smallest absolute Gasteiger partial charge is 0.347 e. The Morgan fingerprint density at radius 1 is 0.680 bits per heavy atom. The van der Waals surface area contributed by atoms with Gasteiger partial charge in [0.05, 0.1) is 0 Å². The number of phenols is 2. The number of fused-ring (bicyclic) bond motifs is 2. The molecule has 0 aromatic heterocycles. The van der Waals surface area contributed by atoms with E-state index < -0.39 is 5.97 Å². The first-order valence-corrected chi connectivity index (χ1v) is 7.77. The summed E-state index contributed by atoms with van der Waals surface area (Å²) in [6.45, 7) is 0. The van der Waals surface area contributed by atoms with E-state index >= 15 is 0 Å². The van der Waals surface area contributed by atoms with Crippen LogP contribution in [0, 0.1) is 0 Å². The van der Waals surface area contributed by atoms with Gasteiger partial charge in [0, 0.05) is 0 Å². The summed E-state index contributed by atoms with van der Waals surface area (Å²) in [5.74, 6) is -0.971. The van der Waals surface area contributed by atoms with E-state index in [9.17, 15) is 15.0 Å². The minimum Gasteiger partial charge on any atom is -0.507 e. The van der Waals surface area contributed by atoms with Gasteiger partial charge in [0.25, 0.3) is 0 Å². The molecule has 0 aliphatic rings. The van der Waals surface area contributed by atoms with Gasteiger partial charge in [-0.2, -0.15) is 0 Å². The lowest BCUT2D eigenvalue weighted by molar-refractivity contribution is 0.0727. The van der Waals surface area contributed by atoms with Gasteiger partial charge in [-0.05, 0) is 45.8 Å². The molecular formula is C21H14O4. The van der Waals surface area contributed by atoms with E-state index in [1.165, 1.54) is 12.1 Å². The van der Waals surface area contributed by atoms with Crippen LogP contribution in [0.3, 0.4) is 0 Å². The number of hydrogen-bond acceptors (Lipinski definition) is 4. The minimum atomic E-state index is -0.728. The van der Waals surface area contributed by atoms with Crippen LogP contribution in [0.25, 0.3) is 21.5 Å². The van der Waals surface area contributed by atoms with Crippen molar-refractivity contribution >= 4 is 27.5 Å². The summed E-state index contributed by atoms with van der Waals surface area (Å²) in [4.78, 5) is 12.5.